The third kappa shape index (κ3) is 3.10. The molecule has 0 spiro atoms. The Hall–Kier alpha value is -1.73. The van der Waals surface area contributed by atoms with Crippen LogP contribution in [0.15, 0.2) is 17.1 Å². The van der Waals surface area contributed by atoms with E-state index in [1.807, 2.05) is 0 Å². The minimum Gasteiger partial charge on any atom is -0.462 e. The number of ether oxygens (including phenoxy) is 1. The summed E-state index contributed by atoms with van der Waals surface area (Å²) in [6.07, 6.45) is 0.999. The largest absolute Gasteiger partial charge is 0.462 e. The molecule has 2 aromatic rings. The molecular weight excluding hydrogens is 370 g/mol. The van der Waals surface area contributed by atoms with Gasteiger partial charge in [0, 0.05) is 18.0 Å². The zero-order valence-corrected chi connectivity index (χ0v) is 13.9. The zero-order valence-electron chi connectivity index (χ0n) is 12.4. The van der Waals surface area contributed by atoms with E-state index in [4.69, 9.17) is 27.9 Å². The Balaban J connectivity index is 2.95. The monoisotopic (exact) mass is 381 g/mol. The highest BCUT2D eigenvalue weighted by molar-refractivity contribution is 6.21. The summed E-state index contributed by atoms with van der Waals surface area (Å²) in [5.41, 5.74) is -1.94. The Morgan fingerprint density at radius 2 is 1.88 bits per heavy atom. The predicted octanol–water partition coefficient (Wildman–Crippen LogP) is 3.61. The minimum atomic E-state index is -1.73. The summed E-state index contributed by atoms with van der Waals surface area (Å²) in [5, 5.41) is -0.503. The zero-order chi connectivity index (χ0) is 18.0. The molecule has 1 heterocycles. The van der Waals surface area contributed by atoms with Gasteiger partial charge < -0.3 is 9.30 Å². The number of fused-ring (bicyclic) bond motifs is 1. The van der Waals surface area contributed by atoms with E-state index in [1.165, 1.54) is 6.92 Å². The maximum atomic E-state index is 14.2. The topological polar surface area (TPSA) is 48.3 Å². The van der Waals surface area contributed by atoms with Gasteiger partial charge in [-0.05, 0) is 13.0 Å². The molecule has 0 N–H and O–H groups in total. The quantitative estimate of drug-likeness (QED) is 0.451. The van der Waals surface area contributed by atoms with Crippen molar-refractivity contribution in [2.24, 2.45) is 0 Å². The summed E-state index contributed by atoms with van der Waals surface area (Å²) in [7, 11) is 0. The van der Waals surface area contributed by atoms with Gasteiger partial charge in [-0.1, -0.05) is 0 Å². The van der Waals surface area contributed by atoms with Crippen molar-refractivity contribution in [3.63, 3.8) is 0 Å². The Morgan fingerprint density at radius 3 is 2.42 bits per heavy atom. The number of aromatic nitrogens is 1. The molecule has 0 aliphatic carbocycles. The van der Waals surface area contributed by atoms with E-state index in [0.29, 0.717) is 6.07 Å². The Kier molecular flexibility index (Phi) is 5.77. The van der Waals surface area contributed by atoms with Crippen LogP contribution in [0.1, 0.15) is 23.3 Å². The standard InChI is InChI=1S/C15H12Cl2F3NO3/c1-2-24-15(23)9-6-21(7(4-16)5-17)13-8(14(9)22)3-10(18)11(19)12(13)20/h3,6-7H,2,4-5H2,1H3. The van der Waals surface area contributed by atoms with E-state index in [0.717, 1.165) is 10.8 Å². The van der Waals surface area contributed by atoms with Gasteiger partial charge in [-0.15, -0.1) is 23.2 Å². The van der Waals surface area contributed by atoms with Crippen LogP contribution in [0.25, 0.3) is 10.9 Å². The number of carbonyl (C=O) groups excluding carboxylic acids is 1. The molecule has 2 rings (SSSR count). The molecule has 0 radical (unpaired) electrons. The average molecular weight is 382 g/mol. The fourth-order valence-electron chi connectivity index (χ4n) is 2.25. The summed E-state index contributed by atoms with van der Waals surface area (Å²) >= 11 is 11.5. The molecule has 130 valence electrons. The number of rotatable bonds is 5. The van der Waals surface area contributed by atoms with Crippen molar-refractivity contribution in [3.8, 4) is 0 Å². The molecule has 0 aliphatic heterocycles. The van der Waals surface area contributed by atoms with Gasteiger partial charge in [0.25, 0.3) is 0 Å². The number of benzene rings is 1. The van der Waals surface area contributed by atoms with E-state index >= 15 is 0 Å². The van der Waals surface area contributed by atoms with E-state index in [2.05, 4.69) is 0 Å². The van der Waals surface area contributed by atoms with Gasteiger partial charge in [0.2, 0.25) is 5.43 Å². The highest BCUT2D eigenvalue weighted by atomic mass is 35.5. The Morgan fingerprint density at radius 1 is 1.25 bits per heavy atom. The summed E-state index contributed by atoms with van der Waals surface area (Å²) in [6.45, 7) is 1.53. The number of esters is 1. The summed E-state index contributed by atoms with van der Waals surface area (Å²) in [4.78, 5) is 24.3. The molecule has 0 atom stereocenters. The van der Waals surface area contributed by atoms with Crippen molar-refractivity contribution < 1.29 is 22.7 Å². The first-order valence-electron chi connectivity index (χ1n) is 6.88. The van der Waals surface area contributed by atoms with Crippen molar-refractivity contribution in [3.05, 3.63) is 45.5 Å². The highest BCUT2D eigenvalue weighted by Gasteiger charge is 2.25. The van der Waals surface area contributed by atoms with Crippen LogP contribution in [0.2, 0.25) is 0 Å². The lowest BCUT2D eigenvalue weighted by Crippen LogP contribution is -2.25. The first-order valence-corrected chi connectivity index (χ1v) is 7.95. The van der Waals surface area contributed by atoms with E-state index in [9.17, 15) is 22.8 Å². The number of carbonyl (C=O) groups is 1. The molecule has 0 unspecified atom stereocenters. The molecule has 0 fully saturated rings. The minimum absolute atomic E-state index is 0.00308. The number of hydrogen-bond donors (Lipinski definition) is 0. The Bertz CT molecular complexity index is 850. The number of hydrogen-bond acceptors (Lipinski definition) is 3. The van der Waals surface area contributed by atoms with Gasteiger partial charge in [-0.25, -0.2) is 18.0 Å². The highest BCUT2D eigenvalue weighted by Crippen LogP contribution is 2.25. The molecule has 9 heteroatoms. The molecule has 0 saturated heterocycles. The summed E-state index contributed by atoms with van der Waals surface area (Å²) in [6, 6.07) is -0.224. The van der Waals surface area contributed by atoms with Crippen molar-refractivity contribution in [2.75, 3.05) is 18.4 Å². The van der Waals surface area contributed by atoms with Crippen LogP contribution in [0.3, 0.4) is 0 Å². The smallest absolute Gasteiger partial charge is 0.343 e. The number of pyridine rings is 1. The first kappa shape index (κ1) is 18.6. The molecule has 1 aromatic heterocycles. The second kappa shape index (κ2) is 7.44. The fourth-order valence-corrected chi connectivity index (χ4v) is 2.88. The van der Waals surface area contributed by atoms with Gasteiger partial charge >= 0.3 is 5.97 Å². The molecule has 1 aromatic carbocycles. The van der Waals surface area contributed by atoms with Crippen LogP contribution < -0.4 is 5.43 Å². The maximum Gasteiger partial charge on any atom is 0.343 e. The van der Waals surface area contributed by atoms with Crippen molar-refractivity contribution in [2.45, 2.75) is 13.0 Å². The van der Waals surface area contributed by atoms with E-state index in [-0.39, 0.29) is 18.4 Å². The van der Waals surface area contributed by atoms with Crippen molar-refractivity contribution in [1.82, 2.24) is 4.57 Å². The van der Waals surface area contributed by atoms with Gasteiger partial charge in [0.1, 0.15) is 5.56 Å². The fraction of sp³-hybridized carbons (Fsp3) is 0.333. The maximum absolute atomic E-state index is 14.2. The van der Waals surface area contributed by atoms with Crippen LogP contribution >= 0.6 is 23.2 Å². The first-order chi connectivity index (χ1) is 11.4. The Labute approximate surface area is 144 Å². The van der Waals surface area contributed by atoms with Crippen LogP contribution in [0.5, 0.6) is 0 Å². The molecule has 24 heavy (non-hydrogen) atoms. The lowest BCUT2D eigenvalue weighted by atomic mass is 10.1. The van der Waals surface area contributed by atoms with Crippen LogP contribution in [0, 0.1) is 17.5 Å². The molecule has 0 saturated carbocycles. The second-order valence-electron chi connectivity index (χ2n) is 4.84. The molecule has 0 amide bonds. The summed E-state index contributed by atoms with van der Waals surface area (Å²) in [5.74, 6) is -6.02. The van der Waals surface area contributed by atoms with Gasteiger partial charge in [0.15, 0.2) is 17.5 Å². The lowest BCUT2D eigenvalue weighted by Gasteiger charge is -2.20. The number of nitrogens with zero attached hydrogens (tertiary/aromatic N) is 1. The van der Waals surface area contributed by atoms with Crippen molar-refractivity contribution >= 4 is 40.1 Å². The molecule has 0 bridgehead atoms. The normalized spacial score (nSPS) is 11.3. The van der Waals surface area contributed by atoms with Gasteiger partial charge in [0.05, 0.1) is 23.6 Å². The van der Waals surface area contributed by atoms with E-state index < -0.39 is 51.4 Å². The number of alkyl halides is 2. The van der Waals surface area contributed by atoms with Crippen LogP contribution in [0.4, 0.5) is 13.2 Å². The average Bonchev–Trinajstić information content (AvgIpc) is 2.56. The van der Waals surface area contributed by atoms with Crippen LogP contribution in [-0.4, -0.2) is 28.9 Å². The SMILES string of the molecule is CCOC(=O)c1cn(C(CCl)CCl)c2c(F)c(F)c(F)cc2c1=O. The van der Waals surface area contributed by atoms with Crippen molar-refractivity contribution in [1.29, 1.82) is 0 Å². The molecular formula is C15H12Cl2F3NO3. The lowest BCUT2D eigenvalue weighted by molar-refractivity contribution is 0.0524. The molecule has 0 aliphatic rings. The third-order valence-electron chi connectivity index (χ3n) is 3.40. The third-order valence-corrected chi connectivity index (χ3v) is 4.11. The van der Waals surface area contributed by atoms with Crippen LogP contribution in [-0.2, 0) is 4.74 Å². The predicted molar refractivity (Wildman–Crippen MR) is 84.5 cm³/mol. The van der Waals surface area contributed by atoms with Gasteiger partial charge in [-0.3, -0.25) is 4.79 Å². The molecule has 4 nitrogen and oxygen atoms in total. The van der Waals surface area contributed by atoms with Gasteiger partial charge in [-0.2, -0.15) is 0 Å². The number of halogens is 5. The second-order valence-corrected chi connectivity index (χ2v) is 5.46. The van der Waals surface area contributed by atoms with E-state index in [1.54, 1.807) is 0 Å². The summed E-state index contributed by atoms with van der Waals surface area (Å²) < 4.78 is 47.2.